The Morgan fingerprint density at radius 1 is 1.38 bits per heavy atom. The average molecular weight is 286 g/mol. The molecule has 90 valence electrons. The molecule has 0 fully saturated rings. The van der Waals surface area contributed by atoms with Crippen LogP contribution in [-0.4, -0.2) is 7.11 Å². The van der Waals surface area contributed by atoms with E-state index in [-0.39, 0.29) is 6.04 Å². The minimum absolute atomic E-state index is 0.0685. The fourth-order valence-corrected chi connectivity index (χ4v) is 2.14. The molecule has 1 aromatic rings. The van der Waals surface area contributed by atoms with Crippen molar-refractivity contribution in [1.29, 1.82) is 0 Å². The quantitative estimate of drug-likeness (QED) is 0.801. The summed E-state index contributed by atoms with van der Waals surface area (Å²) >= 11 is 3.46. The molecule has 0 aliphatic carbocycles. The predicted molar refractivity (Wildman–Crippen MR) is 71.8 cm³/mol. The first-order valence-corrected chi connectivity index (χ1v) is 6.57. The summed E-state index contributed by atoms with van der Waals surface area (Å²) in [6, 6.07) is 6.05. The zero-order valence-corrected chi connectivity index (χ0v) is 11.6. The van der Waals surface area contributed by atoms with Gasteiger partial charge in [-0.2, -0.15) is 0 Å². The molecule has 0 aromatic heterocycles. The van der Waals surface area contributed by atoms with Gasteiger partial charge >= 0.3 is 0 Å². The Labute approximate surface area is 106 Å². The highest BCUT2D eigenvalue weighted by molar-refractivity contribution is 9.10. The normalized spacial score (nSPS) is 12.5. The second-order valence-electron chi connectivity index (χ2n) is 3.99. The van der Waals surface area contributed by atoms with Crippen molar-refractivity contribution in [1.82, 2.24) is 0 Å². The van der Waals surface area contributed by atoms with Crippen LogP contribution in [0.3, 0.4) is 0 Å². The number of methoxy groups -OCH3 is 1. The highest BCUT2D eigenvalue weighted by Crippen LogP contribution is 2.29. The third-order valence-corrected chi connectivity index (χ3v) is 3.20. The standard InChI is InChI=1S/C13H20BrNO/c1-3-4-5-6-12(15)11-9-10(14)7-8-13(11)16-2/h7-9,12H,3-6,15H2,1-2H3. The lowest BCUT2D eigenvalue weighted by Crippen LogP contribution is -2.11. The Hall–Kier alpha value is -0.540. The van der Waals surface area contributed by atoms with Gasteiger partial charge in [-0.3, -0.25) is 0 Å². The molecule has 2 N–H and O–H groups in total. The lowest BCUT2D eigenvalue weighted by molar-refractivity contribution is 0.403. The zero-order chi connectivity index (χ0) is 12.0. The molecular weight excluding hydrogens is 266 g/mol. The van der Waals surface area contributed by atoms with E-state index in [1.54, 1.807) is 7.11 Å². The maximum Gasteiger partial charge on any atom is 0.123 e. The van der Waals surface area contributed by atoms with E-state index in [2.05, 4.69) is 28.9 Å². The van der Waals surface area contributed by atoms with Crippen molar-refractivity contribution in [3.05, 3.63) is 28.2 Å². The van der Waals surface area contributed by atoms with E-state index in [9.17, 15) is 0 Å². The summed E-state index contributed by atoms with van der Waals surface area (Å²) in [4.78, 5) is 0. The third-order valence-electron chi connectivity index (χ3n) is 2.71. The van der Waals surface area contributed by atoms with E-state index in [4.69, 9.17) is 10.5 Å². The fourth-order valence-electron chi connectivity index (χ4n) is 1.76. The molecule has 1 unspecified atom stereocenters. The van der Waals surface area contributed by atoms with Crippen molar-refractivity contribution in [2.24, 2.45) is 5.73 Å². The number of hydrogen-bond acceptors (Lipinski definition) is 2. The molecule has 1 atom stereocenters. The number of hydrogen-bond donors (Lipinski definition) is 1. The third kappa shape index (κ3) is 3.80. The lowest BCUT2D eigenvalue weighted by atomic mass is 10.0. The maximum atomic E-state index is 6.18. The van der Waals surface area contributed by atoms with E-state index >= 15 is 0 Å². The summed E-state index contributed by atoms with van der Waals surface area (Å²) in [7, 11) is 1.69. The Morgan fingerprint density at radius 3 is 2.75 bits per heavy atom. The van der Waals surface area contributed by atoms with Crippen LogP contribution in [0.1, 0.15) is 44.2 Å². The summed E-state index contributed by atoms with van der Waals surface area (Å²) < 4.78 is 6.38. The van der Waals surface area contributed by atoms with Gasteiger partial charge in [-0.25, -0.2) is 0 Å². The summed E-state index contributed by atoms with van der Waals surface area (Å²) in [5.41, 5.74) is 7.27. The van der Waals surface area contributed by atoms with Gasteiger partial charge in [0.1, 0.15) is 5.75 Å². The molecule has 0 amide bonds. The van der Waals surface area contributed by atoms with E-state index in [1.807, 2.05) is 12.1 Å². The molecule has 0 saturated carbocycles. The molecule has 2 nitrogen and oxygen atoms in total. The van der Waals surface area contributed by atoms with Crippen LogP contribution in [0.25, 0.3) is 0 Å². The van der Waals surface area contributed by atoms with Gasteiger partial charge in [0.15, 0.2) is 0 Å². The van der Waals surface area contributed by atoms with Gasteiger partial charge < -0.3 is 10.5 Å². The van der Waals surface area contributed by atoms with Gasteiger partial charge in [0, 0.05) is 16.1 Å². The van der Waals surface area contributed by atoms with Crippen LogP contribution >= 0.6 is 15.9 Å². The first kappa shape index (κ1) is 13.5. The monoisotopic (exact) mass is 285 g/mol. The second kappa shape index (κ2) is 6.92. The fraction of sp³-hybridized carbons (Fsp3) is 0.538. The smallest absolute Gasteiger partial charge is 0.123 e. The summed E-state index contributed by atoms with van der Waals surface area (Å²) in [6.07, 6.45) is 4.65. The number of nitrogens with two attached hydrogens (primary N) is 1. The van der Waals surface area contributed by atoms with Crippen molar-refractivity contribution in [2.75, 3.05) is 7.11 Å². The molecule has 0 bridgehead atoms. The molecule has 0 aliphatic rings. The number of halogens is 1. The molecule has 0 radical (unpaired) electrons. The van der Waals surface area contributed by atoms with Crippen molar-refractivity contribution in [2.45, 2.75) is 38.6 Å². The van der Waals surface area contributed by atoms with Crippen LogP contribution in [0.5, 0.6) is 5.75 Å². The molecule has 16 heavy (non-hydrogen) atoms. The highest BCUT2D eigenvalue weighted by Gasteiger charge is 2.11. The van der Waals surface area contributed by atoms with Crippen LogP contribution in [0.2, 0.25) is 0 Å². The summed E-state index contributed by atoms with van der Waals surface area (Å²) in [5.74, 6) is 0.882. The van der Waals surface area contributed by atoms with Gasteiger partial charge in [0.05, 0.1) is 7.11 Å². The minimum atomic E-state index is 0.0685. The Balaban J connectivity index is 2.72. The molecule has 1 aromatic carbocycles. The molecule has 0 heterocycles. The summed E-state index contributed by atoms with van der Waals surface area (Å²) in [6.45, 7) is 2.20. The molecule has 0 saturated heterocycles. The first-order valence-electron chi connectivity index (χ1n) is 5.78. The van der Waals surface area contributed by atoms with Gasteiger partial charge in [-0.05, 0) is 24.6 Å². The van der Waals surface area contributed by atoms with Crippen molar-refractivity contribution in [3.8, 4) is 5.75 Å². The van der Waals surface area contributed by atoms with Gasteiger partial charge in [-0.15, -0.1) is 0 Å². The number of benzene rings is 1. The van der Waals surface area contributed by atoms with Gasteiger partial charge in [0.2, 0.25) is 0 Å². The van der Waals surface area contributed by atoms with E-state index in [0.29, 0.717) is 0 Å². The van der Waals surface area contributed by atoms with Crippen molar-refractivity contribution < 1.29 is 4.74 Å². The maximum absolute atomic E-state index is 6.18. The van der Waals surface area contributed by atoms with Crippen LogP contribution < -0.4 is 10.5 Å². The van der Waals surface area contributed by atoms with E-state index < -0.39 is 0 Å². The van der Waals surface area contributed by atoms with Crippen molar-refractivity contribution >= 4 is 15.9 Å². The summed E-state index contributed by atoms with van der Waals surface area (Å²) in [5, 5.41) is 0. The number of ether oxygens (including phenoxy) is 1. The van der Waals surface area contributed by atoms with Crippen LogP contribution in [0.4, 0.5) is 0 Å². The SMILES string of the molecule is CCCCCC(N)c1cc(Br)ccc1OC. The highest BCUT2D eigenvalue weighted by atomic mass is 79.9. The average Bonchev–Trinajstić information content (AvgIpc) is 2.29. The second-order valence-corrected chi connectivity index (χ2v) is 4.90. The zero-order valence-electron chi connectivity index (χ0n) is 10.0. The van der Waals surface area contributed by atoms with E-state index in [0.717, 1.165) is 22.2 Å². The predicted octanol–water partition coefficient (Wildman–Crippen LogP) is 4.04. The first-order chi connectivity index (χ1) is 7.69. The van der Waals surface area contributed by atoms with Gasteiger partial charge in [0.25, 0.3) is 0 Å². The molecule has 3 heteroatoms. The number of rotatable bonds is 6. The van der Waals surface area contributed by atoms with Crippen LogP contribution in [-0.2, 0) is 0 Å². The molecule has 0 aliphatic heterocycles. The lowest BCUT2D eigenvalue weighted by Gasteiger charge is -2.15. The van der Waals surface area contributed by atoms with Gasteiger partial charge in [-0.1, -0.05) is 42.1 Å². The Kier molecular flexibility index (Phi) is 5.85. The molecular formula is C13H20BrNO. The molecule has 0 spiro atoms. The molecule has 1 rings (SSSR count). The number of unbranched alkanes of at least 4 members (excludes halogenated alkanes) is 2. The largest absolute Gasteiger partial charge is 0.496 e. The Morgan fingerprint density at radius 2 is 2.12 bits per heavy atom. The van der Waals surface area contributed by atoms with Crippen LogP contribution in [0.15, 0.2) is 22.7 Å². The topological polar surface area (TPSA) is 35.2 Å². The Bertz CT molecular complexity index is 328. The van der Waals surface area contributed by atoms with Crippen molar-refractivity contribution in [3.63, 3.8) is 0 Å². The van der Waals surface area contributed by atoms with Crippen LogP contribution in [0, 0.1) is 0 Å². The van der Waals surface area contributed by atoms with E-state index in [1.165, 1.54) is 19.3 Å². The minimum Gasteiger partial charge on any atom is -0.496 e.